The van der Waals surface area contributed by atoms with E-state index >= 15 is 0 Å². The Morgan fingerprint density at radius 1 is 1.14 bits per heavy atom. The number of aromatic amines is 1. The van der Waals surface area contributed by atoms with Crippen LogP contribution < -0.4 is 10.9 Å². The third kappa shape index (κ3) is 4.78. The molecule has 1 atom stereocenters. The number of benzene rings is 1. The maximum Gasteiger partial charge on any atom is 0.356 e. The van der Waals surface area contributed by atoms with Gasteiger partial charge >= 0.3 is 5.97 Å². The zero-order valence-electron chi connectivity index (χ0n) is 20.0. The van der Waals surface area contributed by atoms with Crippen LogP contribution in [0.3, 0.4) is 0 Å². The average molecular weight is 517 g/mol. The second-order valence-corrected chi connectivity index (χ2v) is 9.02. The second kappa shape index (κ2) is 9.47. The number of carboxylic acid groups (broad SMARTS) is 1. The summed E-state index contributed by atoms with van der Waals surface area (Å²) in [7, 11) is 0. The lowest BCUT2D eigenvalue weighted by molar-refractivity contribution is 0.0691. The largest absolute Gasteiger partial charge is 0.476 e. The van der Waals surface area contributed by atoms with Gasteiger partial charge in [0.25, 0.3) is 5.56 Å². The molecule has 5 rings (SSSR count). The lowest BCUT2D eigenvalue weighted by Gasteiger charge is -2.19. The number of hydrogen-bond acceptors (Lipinski definition) is 8. The summed E-state index contributed by atoms with van der Waals surface area (Å²) < 4.78 is 5.26. The number of anilines is 1. The fraction of sp³-hybridized carbons (Fsp3) is 0.154. The summed E-state index contributed by atoms with van der Waals surface area (Å²) in [4.78, 5) is 40.7. The van der Waals surface area contributed by atoms with E-state index in [1.807, 2.05) is 26.8 Å². The van der Waals surface area contributed by atoms with Crippen LogP contribution >= 0.6 is 11.6 Å². The van der Waals surface area contributed by atoms with Crippen LogP contribution in [0.2, 0.25) is 5.15 Å². The molecule has 0 spiro atoms. The Bertz CT molecular complexity index is 1710. The van der Waals surface area contributed by atoms with Gasteiger partial charge < -0.3 is 19.9 Å². The lowest BCUT2D eigenvalue weighted by Crippen LogP contribution is -2.16. The molecule has 186 valence electrons. The maximum absolute atomic E-state index is 13.1. The number of aromatic nitrogens is 5. The summed E-state index contributed by atoms with van der Waals surface area (Å²) in [5, 5.41) is 17.1. The summed E-state index contributed by atoms with van der Waals surface area (Å²) in [5.74, 6) is -0.319. The van der Waals surface area contributed by atoms with E-state index in [9.17, 15) is 14.7 Å². The zero-order valence-corrected chi connectivity index (χ0v) is 20.8. The van der Waals surface area contributed by atoms with Crippen LogP contribution in [-0.4, -0.2) is 36.2 Å². The van der Waals surface area contributed by atoms with Gasteiger partial charge in [-0.3, -0.25) is 9.78 Å². The molecule has 0 aliphatic carbocycles. The highest BCUT2D eigenvalue weighted by Crippen LogP contribution is 2.29. The molecule has 0 fully saturated rings. The normalized spacial score (nSPS) is 12.0. The van der Waals surface area contributed by atoms with Crippen molar-refractivity contribution in [1.82, 2.24) is 25.1 Å². The van der Waals surface area contributed by atoms with Gasteiger partial charge in [-0.25, -0.2) is 14.8 Å². The van der Waals surface area contributed by atoms with Gasteiger partial charge in [-0.2, -0.15) is 0 Å². The van der Waals surface area contributed by atoms with E-state index in [1.54, 1.807) is 36.5 Å². The van der Waals surface area contributed by atoms with E-state index < -0.39 is 12.0 Å². The molecule has 10 nitrogen and oxygen atoms in total. The predicted molar refractivity (Wildman–Crippen MR) is 139 cm³/mol. The molecule has 4 aromatic heterocycles. The van der Waals surface area contributed by atoms with Crippen molar-refractivity contribution in [1.29, 1.82) is 0 Å². The standard InChI is InChI=1S/C26H21ClN6O4/c1-12-8-16(14(3)29-19-6-7-21(27)30-23(19)26(35)36)22-17(9-12)25(34)32-24(31-22)15-4-5-18(28-11-15)20-10-13(2)33-37-20/h4-11,14,29H,1-3H3,(H,35,36)(H,31,32,34)/t14-/m1/s1. The molecule has 0 amide bonds. The molecule has 0 unspecified atom stereocenters. The first-order valence-corrected chi connectivity index (χ1v) is 11.7. The van der Waals surface area contributed by atoms with E-state index in [4.69, 9.17) is 21.1 Å². The fourth-order valence-corrected chi connectivity index (χ4v) is 4.22. The molecule has 0 bridgehead atoms. The van der Waals surface area contributed by atoms with Crippen molar-refractivity contribution in [2.75, 3.05) is 5.32 Å². The fourth-order valence-electron chi connectivity index (χ4n) is 4.08. The molecule has 4 heterocycles. The van der Waals surface area contributed by atoms with Crippen LogP contribution in [0.5, 0.6) is 0 Å². The van der Waals surface area contributed by atoms with Crippen LogP contribution in [-0.2, 0) is 0 Å². The smallest absolute Gasteiger partial charge is 0.356 e. The number of rotatable bonds is 6. The molecule has 0 radical (unpaired) electrons. The number of carbonyl (C=O) groups is 1. The molecule has 0 aliphatic heterocycles. The van der Waals surface area contributed by atoms with E-state index in [0.717, 1.165) is 16.8 Å². The van der Waals surface area contributed by atoms with Gasteiger partial charge in [0, 0.05) is 23.4 Å². The number of halogens is 1. The molecule has 11 heteroatoms. The molecule has 0 saturated carbocycles. The maximum atomic E-state index is 13.1. The minimum absolute atomic E-state index is 0.0764. The Morgan fingerprint density at radius 3 is 2.62 bits per heavy atom. The third-order valence-corrected chi connectivity index (χ3v) is 6.01. The summed E-state index contributed by atoms with van der Waals surface area (Å²) in [5.41, 5.74) is 3.82. The first-order valence-electron chi connectivity index (χ1n) is 11.3. The Morgan fingerprint density at radius 2 is 1.95 bits per heavy atom. The molecular formula is C26H21ClN6O4. The van der Waals surface area contributed by atoms with Crippen LogP contribution in [0.4, 0.5) is 5.69 Å². The van der Waals surface area contributed by atoms with Gasteiger partial charge in [-0.05, 0) is 56.7 Å². The van der Waals surface area contributed by atoms with Crippen molar-refractivity contribution in [3.8, 4) is 22.8 Å². The van der Waals surface area contributed by atoms with E-state index in [2.05, 4.69) is 25.4 Å². The zero-order chi connectivity index (χ0) is 26.3. The van der Waals surface area contributed by atoms with Crippen LogP contribution in [0.15, 0.2) is 58.0 Å². The van der Waals surface area contributed by atoms with Crippen molar-refractivity contribution >= 4 is 34.2 Å². The average Bonchev–Trinajstić information content (AvgIpc) is 3.31. The summed E-state index contributed by atoms with van der Waals surface area (Å²) in [6.45, 7) is 5.56. The first-order chi connectivity index (χ1) is 17.7. The minimum Gasteiger partial charge on any atom is -0.476 e. The first kappa shape index (κ1) is 24.1. The lowest BCUT2D eigenvalue weighted by atomic mass is 10.0. The van der Waals surface area contributed by atoms with Crippen LogP contribution in [0, 0.1) is 13.8 Å². The monoisotopic (exact) mass is 516 g/mol. The highest BCUT2D eigenvalue weighted by atomic mass is 35.5. The topological polar surface area (TPSA) is 147 Å². The van der Waals surface area contributed by atoms with Crippen molar-refractivity contribution in [2.24, 2.45) is 0 Å². The highest BCUT2D eigenvalue weighted by Gasteiger charge is 2.19. The van der Waals surface area contributed by atoms with Gasteiger partial charge in [-0.1, -0.05) is 22.8 Å². The molecule has 37 heavy (non-hydrogen) atoms. The quantitative estimate of drug-likeness (QED) is 0.260. The number of fused-ring (bicyclic) bond motifs is 1. The number of pyridine rings is 2. The summed E-state index contributed by atoms with van der Waals surface area (Å²) in [6.07, 6.45) is 1.60. The minimum atomic E-state index is -1.21. The number of nitrogens with one attached hydrogen (secondary N) is 2. The van der Waals surface area contributed by atoms with Gasteiger partial charge in [0.2, 0.25) is 0 Å². The second-order valence-electron chi connectivity index (χ2n) is 8.63. The number of aromatic carboxylic acids is 1. The number of nitrogens with zero attached hydrogens (tertiary/aromatic N) is 4. The van der Waals surface area contributed by atoms with Crippen molar-refractivity contribution in [2.45, 2.75) is 26.8 Å². The van der Waals surface area contributed by atoms with Gasteiger partial charge in [0.15, 0.2) is 11.5 Å². The van der Waals surface area contributed by atoms with Gasteiger partial charge in [0.1, 0.15) is 16.7 Å². The Balaban J connectivity index is 1.56. The van der Waals surface area contributed by atoms with Crippen molar-refractivity contribution in [3.63, 3.8) is 0 Å². The van der Waals surface area contributed by atoms with Crippen molar-refractivity contribution in [3.05, 3.63) is 86.7 Å². The Kier molecular flexibility index (Phi) is 6.18. The SMILES string of the molecule is Cc1cc([C@@H](C)Nc2ccc(Cl)nc2C(=O)O)c2nc(-c3ccc(-c4cc(C)no4)nc3)[nH]c(=O)c2c1. The van der Waals surface area contributed by atoms with Gasteiger partial charge in [0.05, 0.1) is 28.3 Å². The van der Waals surface area contributed by atoms with Crippen molar-refractivity contribution < 1.29 is 14.4 Å². The number of carboxylic acids is 1. The molecule has 0 saturated heterocycles. The molecule has 1 aromatic carbocycles. The summed E-state index contributed by atoms with van der Waals surface area (Å²) in [6, 6.07) is 11.7. The van der Waals surface area contributed by atoms with E-state index in [0.29, 0.717) is 39.4 Å². The van der Waals surface area contributed by atoms with E-state index in [1.165, 1.54) is 6.07 Å². The molecule has 5 aromatic rings. The number of aryl methyl sites for hydroxylation is 2. The third-order valence-electron chi connectivity index (χ3n) is 5.80. The molecule has 3 N–H and O–H groups in total. The van der Waals surface area contributed by atoms with Gasteiger partial charge in [-0.15, -0.1) is 0 Å². The summed E-state index contributed by atoms with van der Waals surface area (Å²) >= 11 is 5.89. The van der Waals surface area contributed by atoms with Crippen LogP contribution in [0.25, 0.3) is 33.7 Å². The highest BCUT2D eigenvalue weighted by molar-refractivity contribution is 6.29. The Labute approximate surface area is 215 Å². The number of hydrogen-bond donors (Lipinski definition) is 3. The number of H-pyrrole nitrogens is 1. The molecular weight excluding hydrogens is 496 g/mol. The Hall–Kier alpha value is -4.57. The molecule has 0 aliphatic rings. The van der Waals surface area contributed by atoms with E-state index in [-0.39, 0.29) is 16.4 Å². The predicted octanol–water partition coefficient (Wildman–Crippen LogP) is 5.18. The van der Waals surface area contributed by atoms with Crippen LogP contribution in [0.1, 0.15) is 40.3 Å².